The van der Waals surface area contributed by atoms with Crippen LogP contribution in [0.4, 0.5) is 5.69 Å². The van der Waals surface area contributed by atoms with Gasteiger partial charge in [0.05, 0.1) is 5.69 Å². The minimum absolute atomic E-state index is 0.0457. The lowest BCUT2D eigenvalue weighted by molar-refractivity contribution is -0.117. The Morgan fingerprint density at radius 3 is 2.35 bits per heavy atom. The summed E-state index contributed by atoms with van der Waals surface area (Å²) in [5.74, 6) is -1.59. The molecule has 0 aliphatic carbocycles. The van der Waals surface area contributed by atoms with Crippen LogP contribution in [0.25, 0.3) is 6.08 Å². The van der Waals surface area contributed by atoms with Crippen LogP contribution in [0.15, 0.2) is 48.0 Å². The number of aryl methyl sites for hydroxylation is 1. The average Bonchev–Trinajstić information content (AvgIpc) is 2.80. The monoisotopic (exact) mass is 310 g/mol. The van der Waals surface area contributed by atoms with Crippen molar-refractivity contribution < 1.29 is 19.8 Å². The third kappa shape index (κ3) is 2.74. The number of rotatable bonds is 2. The maximum atomic E-state index is 12.4. The Kier molecular flexibility index (Phi) is 3.50. The largest absolute Gasteiger partial charge is 0.504 e. The lowest BCUT2D eigenvalue weighted by Gasteiger charge is -2.14. The van der Waals surface area contributed by atoms with E-state index >= 15 is 0 Å². The average molecular weight is 310 g/mol. The maximum Gasteiger partial charge on any atom is 0.282 e. The Morgan fingerprint density at radius 1 is 1.00 bits per heavy atom. The summed E-state index contributed by atoms with van der Waals surface area (Å²) in [6.07, 6.45) is 1.37. The van der Waals surface area contributed by atoms with Crippen LogP contribution in [0.3, 0.4) is 0 Å². The van der Waals surface area contributed by atoms with Crippen LogP contribution in [-0.2, 0) is 9.59 Å². The van der Waals surface area contributed by atoms with Gasteiger partial charge in [-0.2, -0.15) is 0 Å². The molecule has 2 amide bonds. The van der Waals surface area contributed by atoms with Crippen molar-refractivity contribution in [1.29, 1.82) is 0 Å². The standard InChI is InChI=1S/C17H14N2O4/c1-10-2-5-12(6-3-10)19-17(23)13(16(22)18-19)8-11-4-7-14(20)15(21)9-11/h2-9,20-21H,1H3,(H,18,22)/b13-8-. The van der Waals surface area contributed by atoms with Gasteiger partial charge >= 0.3 is 0 Å². The highest BCUT2D eigenvalue weighted by atomic mass is 16.3. The number of aromatic hydroxyl groups is 2. The van der Waals surface area contributed by atoms with Crippen molar-refractivity contribution in [3.8, 4) is 11.5 Å². The summed E-state index contributed by atoms with van der Waals surface area (Å²) in [5.41, 5.74) is 4.49. The number of amides is 2. The van der Waals surface area contributed by atoms with Crippen LogP contribution in [-0.4, -0.2) is 22.0 Å². The van der Waals surface area contributed by atoms with Gasteiger partial charge in [-0.15, -0.1) is 0 Å². The van der Waals surface area contributed by atoms with Crippen LogP contribution >= 0.6 is 0 Å². The zero-order valence-corrected chi connectivity index (χ0v) is 12.3. The molecule has 0 unspecified atom stereocenters. The van der Waals surface area contributed by atoms with Gasteiger partial charge in [0.25, 0.3) is 11.8 Å². The molecule has 3 N–H and O–H groups in total. The number of phenolic OH excluding ortho intramolecular Hbond substituents is 2. The van der Waals surface area contributed by atoms with Crippen molar-refractivity contribution in [3.05, 3.63) is 59.2 Å². The van der Waals surface area contributed by atoms with Gasteiger partial charge in [0, 0.05) is 0 Å². The molecular formula is C17H14N2O4. The molecule has 0 aromatic heterocycles. The van der Waals surface area contributed by atoms with Gasteiger partial charge in [-0.05, 0) is 42.8 Å². The Morgan fingerprint density at radius 2 is 1.70 bits per heavy atom. The van der Waals surface area contributed by atoms with Crippen LogP contribution < -0.4 is 10.4 Å². The van der Waals surface area contributed by atoms with Crippen molar-refractivity contribution in [1.82, 2.24) is 5.43 Å². The second-order valence-corrected chi connectivity index (χ2v) is 5.22. The number of nitrogens with one attached hydrogen (secondary N) is 1. The molecule has 3 rings (SSSR count). The number of hydrogen-bond donors (Lipinski definition) is 3. The number of phenols is 2. The highest BCUT2D eigenvalue weighted by Crippen LogP contribution is 2.27. The van der Waals surface area contributed by atoms with Crippen molar-refractivity contribution in [2.45, 2.75) is 6.92 Å². The Hall–Kier alpha value is -3.28. The highest BCUT2D eigenvalue weighted by Gasteiger charge is 2.34. The normalized spacial score (nSPS) is 16.0. The van der Waals surface area contributed by atoms with Crippen molar-refractivity contribution in [2.24, 2.45) is 0 Å². The molecule has 1 heterocycles. The van der Waals surface area contributed by atoms with Gasteiger partial charge in [0.2, 0.25) is 0 Å². The zero-order chi connectivity index (χ0) is 16.6. The van der Waals surface area contributed by atoms with Crippen molar-refractivity contribution in [3.63, 3.8) is 0 Å². The van der Waals surface area contributed by atoms with Crippen molar-refractivity contribution >= 4 is 23.6 Å². The Bertz CT molecular complexity index is 825. The van der Waals surface area contributed by atoms with E-state index in [0.717, 1.165) is 5.56 Å². The quantitative estimate of drug-likeness (QED) is 0.449. The summed E-state index contributed by atoms with van der Waals surface area (Å²) in [7, 11) is 0. The van der Waals surface area contributed by atoms with E-state index in [4.69, 9.17) is 0 Å². The molecule has 6 heteroatoms. The van der Waals surface area contributed by atoms with E-state index < -0.39 is 11.8 Å². The second-order valence-electron chi connectivity index (χ2n) is 5.22. The van der Waals surface area contributed by atoms with E-state index in [1.54, 1.807) is 12.1 Å². The summed E-state index contributed by atoms with van der Waals surface area (Å²) in [5, 5.41) is 20.0. The van der Waals surface area contributed by atoms with Crippen molar-refractivity contribution in [2.75, 3.05) is 5.01 Å². The molecular weight excluding hydrogens is 296 g/mol. The molecule has 0 radical (unpaired) electrons. The van der Waals surface area contributed by atoms with Gasteiger partial charge in [0.15, 0.2) is 11.5 Å². The maximum absolute atomic E-state index is 12.4. The number of hydrogen-bond acceptors (Lipinski definition) is 4. The summed E-state index contributed by atoms with van der Waals surface area (Å²) < 4.78 is 0. The van der Waals surface area contributed by atoms with Gasteiger partial charge < -0.3 is 10.2 Å². The van der Waals surface area contributed by atoms with Gasteiger partial charge in [0.1, 0.15) is 5.57 Å². The predicted molar refractivity (Wildman–Crippen MR) is 84.6 cm³/mol. The fraction of sp³-hybridized carbons (Fsp3) is 0.0588. The zero-order valence-electron chi connectivity index (χ0n) is 12.3. The van der Waals surface area contributed by atoms with E-state index in [0.29, 0.717) is 11.3 Å². The molecule has 0 atom stereocenters. The Balaban J connectivity index is 1.93. The van der Waals surface area contributed by atoms with E-state index in [9.17, 15) is 19.8 Å². The molecule has 23 heavy (non-hydrogen) atoms. The first kappa shape index (κ1) is 14.6. The third-order valence-electron chi connectivity index (χ3n) is 3.49. The number of carbonyl (C=O) groups is 2. The highest BCUT2D eigenvalue weighted by molar-refractivity contribution is 6.31. The summed E-state index contributed by atoms with van der Waals surface area (Å²) >= 11 is 0. The molecule has 1 aliphatic rings. The molecule has 6 nitrogen and oxygen atoms in total. The second kappa shape index (κ2) is 5.49. The number of benzene rings is 2. The first-order valence-electron chi connectivity index (χ1n) is 6.91. The Labute approximate surface area is 132 Å². The minimum atomic E-state index is -0.525. The minimum Gasteiger partial charge on any atom is -0.504 e. The SMILES string of the molecule is Cc1ccc(N2NC(=O)/C(=C/c3ccc(O)c(O)c3)C2=O)cc1. The number of nitrogens with zero attached hydrogens (tertiary/aromatic N) is 1. The van der Waals surface area contributed by atoms with E-state index in [1.165, 1.54) is 29.3 Å². The molecule has 2 aromatic rings. The first-order valence-corrected chi connectivity index (χ1v) is 6.91. The predicted octanol–water partition coefficient (Wildman–Crippen LogP) is 1.87. The lowest BCUT2D eigenvalue weighted by Crippen LogP contribution is -2.35. The van der Waals surface area contributed by atoms with Gasteiger partial charge in [-0.1, -0.05) is 23.8 Å². The van der Waals surface area contributed by atoms with Crippen LogP contribution in [0, 0.1) is 6.92 Å². The van der Waals surface area contributed by atoms with Crippen LogP contribution in [0.2, 0.25) is 0 Å². The van der Waals surface area contributed by atoms with E-state index in [2.05, 4.69) is 5.43 Å². The number of carbonyl (C=O) groups excluding carboxylic acids is 2. The third-order valence-corrected chi connectivity index (χ3v) is 3.49. The molecule has 0 bridgehead atoms. The summed E-state index contributed by atoms with van der Waals surface area (Å²) in [6.45, 7) is 1.93. The van der Waals surface area contributed by atoms with Gasteiger partial charge in [-0.3, -0.25) is 15.0 Å². The molecule has 1 saturated heterocycles. The lowest BCUT2D eigenvalue weighted by atomic mass is 10.1. The summed E-state index contributed by atoms with van der Waals surface area (Å²) in [6, 6.07) is 11.2. The smallest absolute Gasteiger partial charge is 0.282 e. The summed E-state index contributed by atoms with van der Waals surface area (Å²) in [4.78, 5) is 24.5. The number of anilines is 1. The van der Waals surface area contributed by atoms with Crippen LogP contribution in [0.1, 0.15) is 11.1 Å². The van der Waals surface area contributed by atoms with E-state index in [-0.39, 0.29) is 17.1 Å². The molecule has 0 spiro atoms. The molecule has 1 aliphatic heterocycles. The fourth-order valence-corrected chi connectivity index (χ4v) is 2.23. The van der Waals surface area contributed by atoms with Gasteiger partial charge in [-0.25, -0.2) is 5.01 Å². The topological polar surface area (TPSA) is 89.9 Å². The van der Waals surface area contributed by atoms with Crippen LogP contribution in [0.5, 0.6) is 11.5 Å². The molecule has 1 fully saturated rings. The first-order chi connectivity index (χ1) is 11.0. The number of hydrazine groups is 1. The molecule has 0 saturated carbocycles. The van der Waals surface area contributed by atoms with E-state index in [1.807, 2.05) is 19.1 Å². The molecule has 116 valence electrons. The molecule has 2 aromatic carbocycles. The fourth-order valence-electron chi connectivity index (χ4n) is 2.23.